The lowest BCUT2D eigenvalue weighted by Crippen LogP contribution is -2.45. The highest BCUT2D eigenvalue weighted by Crippen LogP contribution is 2.47. The van der Waals surface area contributed by atoms with Crippen LogP contribution < -0.4 is 14.5 Å². The third-order valence-corrected chi connectivity index (χ3v) is 9.72. The van der Waals surface area contributed by atoms with E-state index in [1.54, 1.807) is 36.4 Å². The fourth-order valence-electron chi connectivity index (χ4n) is 6.28. The molecule has 3 aromatic rings. The molecule has 1 saturated heterocycles. The van der Waals surface area contributed by atoms with Crippen LogP contribution in [-0.2, 0) is 28.3 Å². The molecule has 0 bridgehead atoms. The quantitative estimate of drug-likeness (QED) is 0.471. The van der Waals surface area contributed by atoms with Crippen molar-refractivity contribution in [2.45, 2.75) is 42.4 Å². The Balaban J connectivity index is 1.26. The number of anilines is 3. The SMILES string of the molecule is CN1CC2(CCN(c3ccc(Cl)cc3NS(=O)(=O)c3ccc4c(c3)CCC4)CC2)c2ccc(F)cc21. The highest BCUT2D eigenvalue weighted by molar-refractivity contribution is 7.92. The van der Waals surface area contributed by atoms with Crippen LogP contribution in [0.25, 0.3) is 0 Å². The third-order valence-electron chi connectivity index (χ3n) is 8.13. The third kappa shape index (κ3) is 4.02. The summed E-state index contributed by atoms with van der Waals surface area (Å²) in [7, 11) is -1.75. The minimum atomic E-state index is -3.76. The van der Waals surface area contributed by atoms with Crippen molar-refractivity contribution in [3.8, 4) is 0 Å². The molecule has 0 aromatic heterocycles. The number of sulfonamides is 1. The van der Waals surface area contributed by atoms with Gasteiger partial charge in [-0.1, -0.05) is 23.7 Å². The van der Waals surface area contributed by atoms with Gasteiger partial charge in [-0.15, -0.1) is 0 Å². The number of aryl methyl sites for hydroxylation is 2. The zero-order valence-corrected chi connectivity index (χ0v) is 21.8. The number of benzene rings is 3. The van der Waals surface area contributed by atoms with E-state index in [9.17, 15) is 12.8 Å². The van der Waals surface area contributed by atoms with Crippen LogP contribution in [0.3, 0.4) is 0 Å². The molecule has 1 aliphatic carbocycles. The second-order valence-corrected chi connectivity index (χ2v) is 12.5. The van der Waals surface area contributed by atoms with Crippen molar-refractivity contribution >= 4 is 38.7 Å². The molecule has 8 heteroatoms. The van der Waals surface area contributed by atoms with E-state index in [1.165, 1.54) is 11.1 Å². The average Bonchev–Trinajstić information content (AvgIpc) is 3.42. The lowest BCUT2D eigenvalue weighted by atomic mass is 9.74. The first-order valence-electron chi connectivity index (χ1n) is 12.4. The van der Waals surface area contributed by atoms with Crippen LogP contribution in [0.4, 0.5) is 21.5 Å². The normalized spacial score (nSPS) is 18.4. The molecule has 1 spiro atoms. The smallest absolute Gasteiger partial charge is 0.261 e. The first kappa shape index (κ1) is 23.6. The highest BCUT2D eigenvalue weighted by Gasteiger charge is 2.44. The van der Waals surface area contributed by atoms with E-state index in [-0.39, 0.29) is 16.1 Å². The van der Waals surface area contributed by atoms with Crippen molar-refractivity contribution in [3.05, 3.63) is 82.1 Å². The van der Waals surface area contributed by atoms with Gasteiger partial charge in [-0.2, -0.15) is 0 Å². The summed E-state index contributed by atoms with van der Waals surface area (Å²) in [5.74, 6) is -0.212. The van der Waals surface area contributed by atoms with Crippen LogP contribution in [0.2, 0.25) is 5.02 Å². The van der Waals surface area contributed by atoms with Gasteiger partial charge >= 0.3 is 0 Å². The standard InChI is InChI=1S/C28H29ClFN3O2S/c1-32-18-28(24-9-7-22(30)17-27(24)32)11-13-33(14-12-28)26-10-6-21(29)16-25(26)31-36(34,35)23-8-5-19-3-2-4-20(19)15-23/h5-10,15-17,31H,2-4,11-14,18H2,1H3. The van der Waals surface area contributed by atoms with Crippen molar-refractivity contribution in [3.63, 3.8) is 0 Å². The Bertz CT molecular complexity index is 1450. The first-order valence-corrected chi connectivity index (χ1v) is 14.3. The average molecular weight is 526 g/mol. The van der Waals surface area contributed by atoms with E-state index < -0.39 is 10.0 Å². The van der Waals surface area contributed by atoms with Crippen LogP contribution >= 0.6 is 11.6 Å². The molecule has 3 aromatic carbocycles. The summed E-state index contributed by atoms with van der Waals surface area (Å²) < 4.78 is 43.4. The van der Waals surface area contributed by atoms with E-state index >= 15 is 0 Å². The van der Waals surface area contributed by atoms with Gasteiger partial charge in [0.1, 0.15) is 5.82 Å². The summed E-state index contributed by atoms with van der Waals surface area (Å²) >= 11 is 6.30. The van der Waals surface area contributed by atoms with E-state index in [4.69, 9.17) is 11.6 Å². The Morgan fingerprint density at radius 1 is 0.944 bits per heavy atom. The topological polar surface area (TPSA) is 52.6 Å². The van der Waals surface area contributed by atoms with Gasteiger partial charge < -0.3 is 9.80 Å². The van der Waals surface area contributed by atoms with Crippen molar-refractivity contribution in [1.82, 2.24) is 0 Å². The molecule has 3 aliphatic rings. The number of halogens is 2. The van der Waals surface area contributed by atoms with Gasteiger partial charge in [-0.05, 0) is 91.3 Å². The Kier molecular flexibility index (Phi) is 5.68. The molecule has 2 aliphatic heterocycles. The maximum atomic E-state index is 13.9. The van der Waals surface area contributed by atoms with Crippen molar-refractivity contribution in [2.24, 2.45) is 0 Å². The molecule has 0 atom stereocenters. The number of fused-ring (bicyclic) bond motifs is 3. The number of piperidine rings is 1. The fraction of sp³-hybridized carbons (Fsp3) is 0.357. The number of nitrogens with zero attached hydrogens (tertiary/aromatic N) is 2. The van der Waals surface area contributed by atoms with Gasteiger partial charge in [0.2, 0.25) is 0 Å². The van der Waals surface area contributed by atoms with Gasteiger partial charge in [-0.3, -0.25) is 4.72 Å². The van der Waals surface area contributed by atoms with Crippen LogP contribution in [0, 0.1) is 5.82 Å². The van der Waals surface area contributed by atoms with Crippen LogP contribution in [0.15, 0.2) is 59.5 Å². The van der Waals surface area contributed by atoms with Gasteiger partial charge in [-0.25, -0.2) is 12.8 Å². The summed E-state index contributed by atoms with van der Waals surface area (Å²) in [6, 6.07) is 15.9. The van der Waals surface area contributed by atoms with E-state index in [1.807, 2.05) is 25.2 Å². The number of rotatable bonds is 4. The van der Waals surface area contributed by atoms with Crippen molar-refractivity contribution in [2.75, 3.05) is 41.2 Å². The minimum absolute atomic E-state index is 0.0230. The monoisotopic (exact) mass is 525 g/mol. The maximum absolute atomic E-state index is 13.9. The van der Waals surface area contributed by atoms with E-state index in [0.29, 0.717) is 10.7 Å². The second kappa shape index (κ2) is 8.67. The van der Waals surface area contributed by atoms with Gasteiger partial charge in [0.05, 0.1) is 16.3 Å². The van der Waals surface area contributed by atoms with E-state index in [0.717, 1.165) is 68.7 Å². The summed E-state index contributed by atoms with van der Waals surface area (Å²) in [5.41, 5.74) is 5.82. The van der Waals surface area contributed by atoms with Crippen molar-refractivity contribution < 1.29 is 12.8 Å². The molecule has 0 unspecified atom stereocenters. The van der Waals surface area contributed by atoms with Gasteiger partial charge in [0, 0.05) is 42.8 Å². The molecule has 188 valence electrons. The molecular weight excluding hydrogens is 497 g/mol. The Hall–Kier alpha value is -2.77. The molecule has 0 amide bonds. The van der Waals surface area contributed by atoms with Crippen LogP contribution in [0.1, 0.15) is 36.0 Å². The largest absolute Gasteiger partial charge is 0.373 e. The Labute approximate surface area is 216 Å². The predicted molar refractivity (Wildman–Crippen MR) is 144 cm³/mol. The molecular formula is C28H29ClFN3O2S. The van der Waals surface area contributed by atoms with Crippen LogP contribution in [0.5, 0.6) is 0 Å². The van der Waals surface area contributed by atoms with E-state index in [2.05, 4.69) is 14.5 Å². The summed E-state index contributed by atoms with van der Waals surface area (Å²) in [6.45, 7) is 2.39. The predicted octanol–water partition coefficient (Wildman–Crippen LogP) is 5.76. The summed E-state index contributed by atoms with van der Waals surface area (Å²) in [4.78, 5) is 4.65. The zero-order valence-electron chi connectivity index (χ0n) is 20.2. The number of likely N-dealkylation sites (N-methyl/N-ethyl adjacent to an activating group) is 1. The lowest BCUT2D eigenvalue weighted by Gasteiger charge is -2.41. The fourth-order valence-corrected chi connectivity index (χ4v) is 7.57. The molecule has 36 heavy (non-hydrogen) atoms. The Morgan fingerprint density at radius 2 is 1.72 bits per heavy atom. The number of nitrogens with one attached hydrogen (secondary N) is 1. The van der Waals surface area contributed by atoms with Gasteiger partial charge in [0.25, 0.3) is 10.0 Å². The molecule has 0 radical (unpaired) electrons. The molecule has 5 nitrogen and oxygen atoms in total. The minimum Gasteiger partial charge on any atom is -0.373 e. The van der Waals surface area contributed by atoms with Crippen LogP contribution in [-0.4, -0.2) is 35.1 Å². The zero-order chi connectivity index (χ0) is 25.1. The van der Waals surface area contributed by atoms with Crippen molar-refractivity contribution in [1.29, 1.82) is 0 Å². The molecule has 6 rings (SSSR count). The second-order valence-electron chi connectivity index (χ2n) is 10.3. The number of hydrogen-bond donors (Lipinski definition) is 1. The van der Waals surface area contributed by atoms with Gasteiger partial charge in [0.15, 0.2) is 0 Å². The highest BCUT2D eigenvalue weighted by atomic mass is 35.5. The maximum Gasteiger partial charge on any atom is 0.261 e. The summed E-state index contributed by atoms with van der Waals surface area (Å²) in [5, 5.41) is 0.479. The molecule has 2 heterocycles. The molecule has 1 N–H and O–H groups in total. The Morgan fingerprint density at radius 3 is 2.53 bits per heavy atom. The first-order chi connectivity index (χ1) is 17.2. The number of hydrogen-bond acceptors (Lipinski definition) is 4. The summed E-state index contributed by atoms with van der Waals surface area (Å²) in [6.07, 6.45) is 4.79. The molecule has 1 fully saturated rings. The lowest BCUT2D eigenvalue weighted by molar-refractivity contribution is 0.353. The molecule has 0 saturated carbocycles.